The molecule has 2 rings (SSSR count). The second-order valence-corrected chi connectivity index (χ2v) is 8.01. The summed E-state index contributed by atoms with van der Waals surface area (Å²) in [5, 5.41) is 8.24. The standard InChI is InChI=1S/C21H24BrN3O3S/c1-13(2)9-10-28-18-8-7-15(12-17(18)22)20(27)25-21(29)24-16-6-4-5-14(11-16)19(26)23-3/h4-8,11-13H,9-10H2,1-3H3,(H,23,26)(H2,24,25,27,29). The van der Waals surface area contributed by atoms with E-state index >= 15 is 0 Å². The number of carbonyl (C=O) groups is 2. The predicted molar refractivity (Wildman–Crippen MR) is 123 cm³/mol. The van der Waals surface area contributed by atoms with E-state index in [0.29, 0.717) is 39.6 Å². The van der Waals surface area contributed by atoms with Gasteiger partial charge in [0.15, 0.2) is 5.11 Å². The Balaban J connectivity index is 1.96. The van der Waals surface area contributed by atoms with E-state index < -0.39 is 0 Å². The fourth-order valence-corrected chi connectivity index (χ4v) is 3.09. The van der Waals surface area contributed by atoms with Gasteiger partial charge in [-0.2, -0.15) is 0 Å². The molecule has 0 bridgehead atoms. The molecule has 0 saturated carbocycles. The largest absolute Gasteiger partial charge is 0.492 e. The number of amides is 2. The molecule has 0 aliphatic heterocycles. The van der Waals surface area contributed by atoms with Crippen LogP contribution in [0.2, 0.25) is 0 Å². The number of anilines is 1. The normalized spacial score (nSPS) is 10.4. The van der Waals surface area contributed by atoms with E-state index in [4.69, 9.17) is 17.0 Å². The molecule has 0 saturated heterocycles. The van der Waals surface area contributed by atoms with Crippen molar-refractivity contribution < 1.29 is 14.3 Å². The Bertz CT molecular complexity index is 902. The van der Waals surface area contributed by atoms with Gasteiger partial charge in [-0.05, 0) is 76.9 Å². The molecule has 0 aliphatic rings. The smallest absolute Gasteiger partial charge is 0.257 e. The monoisotopic (exact) mass is 477 g/mol. The van der Waals surface area contributed by atoms with Crippen molar-refractivity contribution in [2.75, 3.05) is 19.0 Å². The molecule has 29 heavy (non-hydrogen) atoms. The highest BCUT2D eigenvalue weighted by Crippen LogP contribution is 2.26. The van der Waals surface area contributed by atoms with Gasteiger partial charge in [0.25, 0.3) is 11.8 Å². The molecule has 0 atom stereocenters. The summed E-state index contributed by atoms with van der Waals surface area (Å²) < 4.78 is 6.43. The third-order valence-electron chi connectivity index (χ3n) is 3.98. The van der Waals surface area contributed by atoms with Gasteiger partial charge >= 0.3 is 0 Å². The van der Waals surface area contributed by atoms with Gasteiger partial charge in [0.05, 0.1) is 11.1 Å². The number of thiocarbonyl (C=S) groups is 1. The van der Waals surface area contributed by atoms with Crippen molar-refractivity contribution in [2.24, 2.45) is 5.92 Å². The number of rotatable bonds is 7. The average Bonchev–Trinajstić information content (AvgIpc) is 2.68. The van der Waals surface area contributed by atoms with Gasteiger partial charge < -0.3 is 15.4 Å². The van der Waals surface area contributed by atoms with Gasteiger partial charge in [0.2, 0.25) is 0 Å². The Morgan fingerprint density at radius 2 is 1.83 bits per heavy atom. The third-order valence-corrected chi connectivity index (χ3v) is 4.81. The maximum Gasteiger partial charge on any atom is 0.257 e. The molecule has 2 amide bonds. The van der Waals surface area contributed by atoms with E-state index in [1.807, 2.05) is 0 Å². The Hall–Kier alpha value is -2.45. The van der Waals surface area contributed by atoms with E-state index in [-0.39, 0.29) is 16.9 Å². The molecule has 0 radical (unpaired) electrons. The maximum atomic E-state index is 12.5. The van der Waals surface area contributed by atoms with Crippen molar-refractivity contribution in [2.45, 2.75) is 20.3 Å². The van der Waals surface area contributed by atoms with E-state index in [0.717, 1.165) is 6.42 Å². The Labute approximate surface area is 184 Å². The second kappa shape index (κ2) is 10.9. The molecule has 0 fully saturated rings. The maximum absolute atomic E-state index is 12.5. The number of hydrogen-bond donors (Lipinski definition) is 3. The summed E-state index contributed by atoms with van der Waals surface area (Å²) in [4.78, 5) is 24.2. The first-order valence-corrected chi connectivity index (χ1v) is 10.4. The molecular weight excluding hydrogens is 454 g/mol. The summed E-state index contributed by atoms with van der Waals surface area (Å²) >= 11 is 8.65. The molecule has 0 unspecified atom stereocenters. The molecule has 8 heteroatoms. The van der Waals surface area contributed by atoms with Gasteiger partial charge in [-0.1, -0.05) is 19.9 Å². The first kappa shape index (κ1) is 22.8. The first-order valence-electron chi connectivity index (χ1n) is 9.17. The molecule has 2 aromatic carbocycles. The van der Waals surface area contributed by atoms with Crippen LogP contribution in [0, 0.1) is 5.92 Å². The summed E-state index contributed by atoms with van der Waals surface area (Å²) in [5.74, 6) is 0.696. The van der Waals surface area contributed by atoms with Crippen molar-refractivity contribution >= 4 is 50.8 Å². The van der Waals surface area contributed by atoms with Gasteiger partial charge in [-0.25, -0.2) is 0 Å². The molecule has 154 valence electrons. The quantitative estimate of drug-likeness (QED) is 0.516. The van der Waals surface area contributed by atoms with E-state index in [2.05, 4.69) is 45.7 Å². The van der Waals surface area contributed by atoms with Crippen LogP contribution in [0.25, 0.3) is 0 Å². The number of carbonyl (C=O) groups excluding carboxylic acids is 2. The lowest BCUT2D eigenvalue weighted by molar-refractivity contribution is 0.0959. The van der Waals surface area contributed by atoms with Crippen LogP contribution in [-0.2, 0) is 0 Å². The minimum absolute atomic E-state index is 0.137. The van der Waals surface area contributed by atoms with Crippen LogP contribution in [-0.4, -0.2) is 30.6 Å². The number of ether oxygens (including phenoxy) is 1. The zero-order valence-corrected chi connectivity index (χ0v) is 18.9. The number of benzene rings is 2. The SMILES string of the molecule is CNC(=O)c1cccc(NC(=S)NC(=O)c2ccc(OCCC(C)C)c(Br)c2)c1. The van der Waals surface area contributed by atoms with Crippen molar-refractivity contribution in [3.8, 4) is 5.75 Å². The molecule has 3 N–H and O–H groups in total. The first-order chi connectivity index (χ1) is 13.8. The Kier molecular flexibility index (Phi) is 8.60. The molecule has 6 nitrogen and oxygen atoms in total. The minimum Gasteiger partial charge on any atom is -0.492 e. The highest BCUT2D eigenvalue weighted by molar-refractivity contribution is 9.10. The molecule has 0 aromatic heterocycles. The van der Waals surface area contributed by atoms with Crippen molar-refractivity contribution in [3.63, 3.8) is 0 Å². The zero-order valence-electron chi connectivity index (χ0n) is 16.5. The Morgan fingerprint density at radius 3 is 2.48 bits per heavy atom. The van der Waals surface area contributed by atoms with Gasteiger partial charge in [0.1, 0.15) is 5.75 Å². The molecular formula is C21H24BrN3O3S. The van der Waals surface area contributed by atoms with Crippen molar-refractivity contribution in [3.05, 3.63) is 58.1 Å². The van der Waals surface area contributed by atoms with Crippen LogP contribution in [0.5, 0.6) is 5.75 Å². The molecule has 0 aliphatic carbocycles. The molecule has 2 aromatic rings. The van der Waals surface area contributed by atoms with E-state index in [1.54, 1.807) is 49.5 Å². The third kappa shape index (κ3) is 7.14. The summed E-state index contributed by atoms with van der Waals surface area (Å²) in [6.07, 6.45) is 0.954. The summed E-state index contributed by atoms with van der Waals surface area (Å²) in [7, 11) is 1.56. The van der Waals surface area contributed by atoms with E-state index in [1.165, 1.54) is 0 Å². The number of nitrogens with one attached hydrogen (secondary N) is 3. The zero-order chi connectivity index (χ0) is 21.4. The van der Waals surface area contributed by atoms with Crippen LogP contribution in [0.1, 0.15) is 41.0 Å². The van der Waals surface area contributed by atoms with Gasteiger partial charge in [0, 0.05) is 23.9 Å². The van der Waals surface area contributed by atoms with Gasteiger partial charge in [-0.3, -0.25) is 14.9 Å². The lowest BCUT2D eigenvalue weighted by atomic mass is 10.1. The van der Waals surface area contributed by atoms with Crippen LogP contribution in [0.4, 0.5) is 5.69 Å². The highest BCUT2D eigenvalue weighted by atomic mass is 79.9. The summed E-state index contributed by atoms with van der Waals surface area (Å²) in [6, 6.07) is 11.9. The van der Waals surface area contributed by atoms with Crippen LogP contribution < -0.4 is 20.7 Å². The lowest BCUT2D eigenvalue weighted by Crippen LogP contribution is -2.34. The minimum atomic E-state index is -0.348. The summed E-state index contributed by atoms with van der Waals surface area (Å²) in [5.41, 5.74) is 1.53. The van der Waals surface area contributed by atoms with Crippen LogP contribution >= 0.6 is 28.1 Å². The predicted octanol–water partition coefficient (Wildman–Crippen LogP) is 4.36. The van der Waals surface area contributed by atoms with Crippen molar-refractivity contribution in [1.82, 2.24) is 10.6 Å². The van der Waals surface area contributed by atoms with E-state index in [9.17, 15) is 9.59 Å². The summed E-state index contributed by atoms with van der Waals surface area (Å²) in [6.45, 7) is 4.89. The molecule has 0 heterocycles. The second-order valence-electron chi connectivity index (χ2n) is 6.74. The Morgan fingerprint density at radius 1 is 1.10 bits per heavy atom. The fraction of sp³-hybridized carbons (Fsp3) is 0.286. The fourth-order valence-electron chi connectivity index (χ4n) is 2.38. The lowest BCUT2D eigenvalue weighted by Gasteiger charge is -2.12. The average molecular weight is 478 g/mol. The van der Waals surface area contributed by atoms with Gasteiger partial charge in [-0.15, -0.1) is 0 Å². The van der Waals surface area contributed by atoms with Crippen LogP contribution in [0.3, 0.4) is 0 Å². The topological polar surface area (TPSA) is 79.5 Å². The molecule has 0 spiro atoms. The number of hydrogen-bond acceptors (Lipinski definition) is 4. The highest BCUT2D eigenvalue weighted by Gasteiger charge is 2.12. The van der Waals surface area contributed by atoms with Crippen LogP contribution in [0.15, 0.2) is 46.9 Å². The number of halogens is 1. The van der Waals surface area contributed by atoms with Crippen molar-refractivity contribution in [1.29, 1.82) is 0 Å².